The highest BCUT2D eigenvalue weighted by Crippen LogP contribution is 2.11. The normalized spacial score (nSPS) is 21.3. The first-order valence-corrected chi connectivity index (χ1v) is 4.76. The molecule has 0 aromatic heterocycles. The van der Waals surface area contributed by atoms with Crippen molar-refractivity contribution in [2.75, 3.05) is 19.8 Å². The highest BCUT2D eigenvalue weighted by Gasteiger charge is 2.23. The third-order valence-electron chi connectivity index (χ3n) is 2.22. The summed E-state index contributed by atoms with van der Waals surface area (Å²) >= 11 is 0. The van der Waals surface area contributed by atoms with Crippen molar-refractivity contribution in [3.05, 3.63) is 35.6 Å². The molecule has 1 aliphatic rings. The largest absolute Gasteiger partial charge is 0.376 e. The van der Waals surface area contributed by atoms with E-state index in [1.807, 2.05) is 0 Å². The molecule has 0 radical (unpaired) electrons. The van der Waals surface area contributed by atoms with Crippen LogP contribution in [0.4, 0.5) is 4.39 Å². The minimum absolute atomic E-state index is 0.228. The SMILES string of the molecule is O=C(c1cccc(F)c1)C1COCCO1. The topological polar surface area (TPSA) is 35.5 Å². The third kappa shape index (κ3) is 2.40. The van der Waals surface area contributed by atoms with E-state index in [0.717, 1.165) is 0 Å². The lowest BCUT2D eigenvalue weighted by molar-refractivity contribution is -0.0719. The summed E-state index contributed by atoms with van der Waals surface area (Å²) in [6, 6.07) is 5.59. The molecule has 15 heavy (non-hydrogen) atoms. The maximum absolute atomic E-state index is 12.9. The van der Waals surface area contributed by atoms with E-state index in [0.29, 0.717) is 18.8 Å². The van der Waals surface area contributed by atoms with E-state index in [1.54, 1.807) is 6.07 Å². The first kappa shape index (κ1) is 10.3. The van der Waals surface area contributed by atoms with Crippen LogP contribution in [0.15, 0.2) is 24.3 Å². The molecule has 4 heteroatoms. The van der Waals surface area contributed by atoms with Crippen molar-refractivity contribution >= 4 is 5.78 Å². The lowest BCUT2D eigenvalue weighted by Crippen LogP contribution is -2.35. The Morgan fingerprint density at radius 2 is 2.27 bits per heavy atom. The lowest BCUT2D eigenvalue weighted by Gasteiger charge is -2.21. The quantitative estimate of drug-likeness (QED) is 0.692. The highest BCUT2D eigenvalue weighted by molar-refractivity contribution is 5.99. The van der Waals surface area contributed by atoms with Crippen LogP contribution in [0.25, 0.3) is 0 Å². The minimum atomic E-state index is -0.597. The fourth-order valence-corrected chi connectivity index (χ4v) is 1.47. The number of benzene rings is 1. The van der Waals surface area contributed by atoms with Crippen molar-refractivity contribution in [2.24, 2.45) is 0 Å². The number of carbonyl (C=O) groups is 1. The van der Waals surface area contributed by atoms with Crippen molar-refractivity contribution in [1.29, 1.82) is 0 Å². The summed E-state index contributed by atoms with van der Waals surface area (Å²) in [5.41, 5.74) is 0.325. The van der Waals surface area contributed by atoms with Crippen LogP contribution in [0.5, 0.6) is 0 Å². The number of hydrogen-bond acceptors (Lipinski definition) is 3. The van der Waals surface area contributed by atoms with Gasteiger partial charge in [-0.2, -0.15) is 0 Å². The van der Waals surface area contributed by atoms with Crippen molar-refractivity contribution in [3.63, 3.8) is 0 Å². The summed E-state index contributed by atoms with van der Waals surface area (Å²) in [5, 5.41) is 0. The van der Waals surface area contributed by atoms with E-state index in [9.17, 15) is 9.18 Å². The summed E-state index contributed by atoms with van der Waals surface area (Å²) in [5.74, 6) is -0.647. The number of rotatable bonds is 2. The van der Waals surface area contributed by atoms with Gasteiger partial charge in [0.15, 0.2) is 5.78 Å². The maximum Gasteiger partial charge on any atom is 0.194 e. The molecule has 0 amide bonds. The van der Waals surface area contributed by atoms with Crippen LogP contribution in [-0.2, 0) is 9.47 Å². The van der Waals surface area contributed by atoms with Crippen LogP contribution in [0.1, 0.15) is 10.4 Å². The van der Waals surface area contributed by atoms with E-state index in [1.165, 1.54) is 18.2 Å². The molecule has 1 unspecified atom stereocenters. The van der Waals surface area contributed by atoms with Gasteiger partial charge in [-0.25, -0.2) is 4.39 Å². The monoisotopic (exact) mass is 210 g/mol. The van der Waals surface area contributed by atoms with E-state index >= 15 is 0 Å². The summed E-state index contributed by atoms with van der Waals surface area (Å²) in [6.07, 6.45) is -0.597. The van der Waals surface area contributed by atoms with Crippen LogP contribution in [0.3, 0.4) is 0 Å². The van der Waals surface area contributed by atoms with Crippen LogP contribution in [-0.4, -0.2) is 31.7 Å². The van der Waals surface area contributed by atoms with Crippen molar-refractivity contribution < 1.29 is 18.7 Å². The highest BCUT2D eigenvalue weighted by atomic mass is 19.1. The summed E-state index contributed by atoms with van der Waals surface area (Å²) in [6.45, 7) is 1.16. The van der Waals surface area contributed by atoms with E-state index in [4.69, 9.17) is 9.47 Å². The van der Waals surface area contributed by atoms with Crippen LogP contribution in [0, 0.1) is 5.82 Å². The van der Waals surface area contributed by atoms with Gasteiger partial charge in [-0.05, 0) is 12.1 Å². The van der Waals surface area contributed by atoms with Gasteiger partial charge in [-0.1, -0.05) is 12.1 Å². The molecule has 80 valence electrons. The molecule has 0 saturated carbocycles. The van der Waals surface area contributed by atoms with E-state index in [-0.39, 0.29) is 12.4 Å². The molecule has 2 rings (SSSR count). The molecule has 1 atom stereocenters. The van der Waals surface area contributed by atoms with Gasteiger partial charge in [0.05, 0.1) is 19.8 Å². The smallest absolute Gasteiger partial charge is 0.194 e. The zero-order valence-electron chi connectivity index (χ0n) is 8.11. The lowest BCUT2D eigenvalue weighted by atomic mass is 10.1. The Hall–Kier alpha value is -1.26. The van der Waals surface area contributed by atoms with Gasteiger partial charge < -0.3 is 9.47 Å². The Balaban J connectivity index is 2.12. The molecule has 1 aromatic carbocycles. The number of ether oxygens (including phenoxy) is 2. The summed E-state index contributed by atoms with van der Waals surface area (Å²) < 4.78 is 23.2. The predicted molar refractivity (Wildman–Crippen MR) is 51.3 cm³/mol. The van der Waals surface area contributed by atoms with E-state index in [2.05, 4.69) is 0 Å². The average molecular weight is 210 g/mol. The molecule has 1 aliphatic heterocycles. The zero-order valence-corrected chi connectivity index (χ0v) is 8.11. The molecule has 0 N–H and O–H groups in total. The second kappa shape index (κ2) is 4.51. The van der Waals surface area contributed by atoms with Crippen molar-refractivity contribution in [3.8, 4) is 0 Å². The Labute approximate surface area is 86.8 Å². The molecule has 1 fully saturated rings. The van der Waals surface area contributed by atoms with Crippen LogP contribution >= 0.6 is 0 Å². The molecule has 0 spiro atoms. The Morgan fingerprint density at radius 3 is 2.93 bits per heavy atom. The Morgan fingerprint density at radius 1 is 1.40 bits per heavy atom. The van der Waals surface area contributed by atoms with Gasteiger partial charge in [-0.15, -0.1) is 0 Å². The number of hydrogen-bond donors (Lipinski definition) is 0. The van der Waals surface area contributed by atoms with Gasteiger partial charge >= 0.3 is 0 Å². The van der Waals surface area contributed by atoms with Gasteiger partial charge in [0.1, 0.15) is 11.9 Å². The zero-order chi connectivity index (χ0) is 10.7. The molecule has 1 heterocycles. The summed E-state index contributed by atoms with van der Waals surface area (Å²) in [7, 11) is 0. The van der Waals surface area contributed by atoms with Gasteiger partial charge in [0.25, 0.3) is 0 Å². The van der Waals surface area contributed by atoms with Crippen LogP contribution in [0.2, 0.25) is 0 Å². The number of halogens is 1. The number of Topliss-reactive ketones (excluding diaryl/α,β-unsaturated/α-hetero) is 1. The summed E-state index contributed by atoms with van der Waals surface area (Å²) in [4.78, 5) is 11.8. The molecule has 0 aliphatic carbocycles. The van der Waals surface area contributed by atoms with Crippen molar-refractivity contribution in [2.45, 2.75) is 6.10 Å². The van der Waals surface area contributed by atoms with E-state index < -0.39 is 11.9 Å². The standard InChI is InChI=1S/C11H11FO3/c12-9-3-1-2-8(6-9)11(13)10-7-14-4-5-15-10/h1-3,6,10H,4-5,7H2. The van der Waals surface area contributed by atoms with Gasteiger partial charge in [0, 0.05) is 5.56 Å². The molecular weight excluding hydrogens is 199 g/mol. The molecular formula is C11H11FO3. The van der Waals surface area contributed by atoms with Crippen LogP contribution < -0.4 is 0 Å². The fraction of sp³-hybridized carbons (Fsp3) is 0.364. The van der Waals surface area contributed by atoms with Gasteiger partial charge in [-0.3, -0.25) is 4.79 Å². The fourth-order valence-electron chi connectivity index (χ4n) is 1.47. The minimum Gasteiger partial charge on any atom is -0.376 e. The Bertz CT molecular complexity index is 359. The van der Waals surface area contributed by atoms with Crippen molar-refractivity contribution in [1.82, 2.24) is 0 Å². The molecule has 1 aromatic rings. The maximum atomic E-state index is 12.9. The molecule has 0 bridgehead atoms. The third-order valence-corrected chi connectivity index (χ3v) is 2.22. The first-order valence-electron chi connectivity index (χ1n) is 4.76. The Kier molecular flexibility index (Phi) is 3.08. The number of ketones is 1. The average Bonchev–Trinajstić information content (AvgIpc) is 2.29. The van der Waals surface area contributed by atoms with Gasteiger partial charge in [0.2, 0.25) is 0 Å². The predicted octanol–water partition coefficient (Wildman–Crippen LogP) is 1.42. The second-order valence-electron chi connectivity index (χ2n) is 3.31. The number of carbonyl (C=O) groups excluding carboxylic acids is 1. The molecule has 3 nitrogen and oxygen atoms in total. The second-order valence-corrected chi connectivity index (χ2v) is 3.31. The molecule has 1 saturated heterocycles. The first-order chi connectivity index (χ1) is 7.27.